The minimum atomic E-state index is -4.31. The summed E-state index contributed by atoms with van der Waals surface area (Å²) in [6.45, 7) is 4.40. The van der Waals surface area contributed by atoms with Crippen LogP contribution >= 0.6 is 0 Å². The predicted octanol–water partition coefficient (Wildman–Crippen LogP) is 3.35. The van der Waals surface area contributed by atoms with E-state index < -0.39 is 35.5 Å². The highest BCUT2D eigenvalue weighted by Crippen LogP contribution is 2.61. The van der Waals surface area contributed by atoms with Gasteiger partial charge in [0.25, 0.3) is 0 Å². The largest absolute Gasteiger partial charge is 0.493 e. The Labute approximate surface area is 251 Å². The third-order valence-electron chi connectivity index (χ3n) is 8.55. The molecule has 14 heteroatoms. The van der Waals surface area contributed by atoms with Gasteiger partial charge in [0, 0.05) is 43.4 Å². The first-order valence-electron chi connectivity index (χ1n) is 14.6. The molecule has 1 amide bonds. The fourth-order valence-corrected chi connectivity index (χ4v) is 5.79. The highest BCUT2D eigenvalue weighted by molar-refractivity contribution is 5.81. The number of aromatic nitrogens is 2. The normalized spacial score (nSPS) is 21.8. The van der Waals surface area contributed by atoms with Crippen LogP contribution < -0.4 is 25.6 Å². The molecule has 3 fully saturated rings. The molecule has 3 heterocycles. The molecule has 6 rings (SSSR count). The summed E-state index contributed by atoms with van der Waals surface area (Å²) in [5.41, 5.74) is 5.82. The lowest BCUT2D eigenvalue weighted by molar-refractivity contribution is -0.194. The van der Waals surface area contributed by atoms with E-state index in [1.54, 1.807) is 25.3 Å². The smallest absolute Gasteiger partial charge is 0.396 e. The van der Waals surface area contributed by atoms with Gasteiger partial charge in [0.2, 0.25) is 5.91 Å². The number of morpholine rings is 1. The lowest BCUT2D eigenvalue weighted by Gasteiger charge is -2.26. The van der Waals surface area contributed by atoms with Crippen molar-refractivity contribution >= 4 is 16.9 Å². The summed E-state index contributed by atoms with van der Waals surface area (Å²) in [7, 11) is 1.54. The summed E-state index contributed by atoms with van der Waals surface area (Å²) >= 11 is 0. The third-order valence-corrected chi connectivity index (χ3v) is 8.55. The molecule has 2 aliphatic heterocycles. The summed E-state index contributed by atoms with van der Waals surface area (Å²) in [4.78, 5) is 24.0. The second-order valence-corrected chi connectivity index (χ2v) is 11.4. The van der Waals surface area contributed by atoms with E-state index >= 15 is 4.39 Å². The molecule has 236 valence electrons. The number of rotatable bonds is 10. The van der Waals surface area contributed by atoms with E-state index in [1.165, 1.54) is 18.3 Å². The van der Waals surface area contributed by atoms with E-state index in [9.17, 15) is 18.0 Å². The summed E-state index contributed by atoms with van der Waals surface area (Å²) in [5.74, 6) is -0.0579. The first kappa shape index (κ1) is 30.4. The lowest BCUT2D eigenvalue weighted by Crippen LogP contribution is -2.46. The molecule has 2 saturated heterocycles. The number of nitrogens with one attached hydrogen (secondary N) is 3. The maximum absolute atomic E-state index is 15.1. The molecule has 10 nitrogen and oxygen atoms in total. The zero-order chi connectivity index (χ0) is 30.9. The number of methoxy groups -OCH3 is 1. The Hall–Kier alpha value is -3.59. The number of alkyl halides is 3. The molecule has 0 spiro atoms. The molecule has 1 saturated carbocycles. The molecular formula is C30H34F4N6O4. The average Bonchev–Trinajstić information content (AvgIpc) is 3.71. The minimum Gasteiger partial charge on any atom is -0.493 e. The number of carbonyl (C=O) groups is 1. The van der Waals surface area contributed by atoms with Gasteiger partial charge >= 0.3 is 6.18 Å². The van der Waals surface area contributed by atoms with Crippen LogP contribution in [0.4, 0.5) is 17.6 Å². The van der Waals surface area contributed by atoms with Gasteiger partial charge in [-0.05, 0) is 30.9 Å². The monoisotopic (exact) mass is 618 g/mol. The average molecular weight is 619 g/mol. The van der Waals surface area contributed by atoms with Crippen LogP contribution in [0.25, 0.3) is 22.3 Å². The Kier molecular flexibility index (Phi) is 8.59. The molecule has 44 heavy (non-hydrogen) atoms. The van der Waals surface area contributed by atoms with E-state index in [2.05, 4.69) is 31.0 Å². The van der Waals surface area contributed by atoms with Crippen LogP contribution in [0.2, 0.25) is 0 Å². The quantitative estimate of drug-likeness (QED) is 0.295. The van der Waals surface area contributed by atoms with Crippen LogP contribution in [0, 0.1) is 11.2 Å². The summed E-state index contributed by atoms with van der Waals surface area (Å²) in [6.07, 6.45) is -3.51. The molecule has 2 aromatic carbocycles. The molecule has 2 unspecified atom stereocenters. The summed E-state index contributed by atoms with van der Waals surface area (Å²) in [5, 5.41) is 2.65. The van der Waals surface area contributed by atoms with E-state index in [0.717, 1.165) is 19.6 Å². The molecule has 0 bridgehead atoms. The zero-order valence-electron chi connectivity index (χ0n) is 24.2. The Morgan fingerprint density at radius 3 is 2.61 bits per heavy atom. The number of nitrogens with zero attached hydrogens (tertiary/aromatic N) is 3. The first-order chi connectivity index (χ1) is 21.1. The van der Waals surface area contributed by atoms with Gasteiger partial charge in [0.05, 0.1) is 61.2 Å². The highest BCUT2D eigenvalue weighted by atomic mass is 19.4. The second kappa shape index (κ2) is 12.4. The van der Waals surface area contributed by atoms with Crippen molar-refractivity contribution < 1.29 is 36.6 Å². The first-order valence-corrected chi connectivity index (χ1v) is 14.6. The van der Waals surface area contributed by atoms with Crippen molar-refractivity contribution in [3.8, 4) is 22.8 Å². The fourth-order valence-electron chi connectivity index (χ4n) is 5.79. The standard InChI is InChI=1S/C30H34F4N6O4/c1-42-24-15-22-21(14-25(24)44-11-8-40-6-9-43-10-7-40)35-17-23(36-22)19-3-2-18(20(31)12-19)13-28(41)37-27-16-26(38-39-27)29(4-5-29)30(32,33)34/h2-3,12,14-15,17,26-27,38-39H,4-11,13,16H2,1H3,(H,37,41). The zero-order valence-corrected chi connectivity index (χ0v) is 24.2. The molecule has 3 aliphatic rings. The third kappa shape index (κ3) is 6.43. The van der Waals surface area contributed by atoms with Crippen molar-refractivity contribution in [2.24, 2.45) is 5.41 Å². The molecule has 2 atom stereocenters. The van der Waals surface area contributed by atoms with E-state index in [-0.39, 0.29) is 31.2 Å². The van der Waals surface area contributed by atoms with E-state index in [0.29, 0.717) is 53.6 Å². The number of ether oxygens (including phenoxy) is 3. The number of amides is 1. The summed E-state index contributed by atoms with van der Waals surface area (Å²) in [6, 6.07) is 7.08. The van der Waals surface area contributed by atoms with Crippen LogP contribution in [0.1, 0.15) is 24.8 Å². The fraction of sp³-hybridized carbons (Fsp3) is 0.500. The Bertz CT molecular complexity index is 1510. The van der Waals surface area contributed by atoms with Crippen molar-refractivity contribution in [3.05, 3.63) is 47.9 Å². The van der Waals surface area contributed by atoms with E-state index in [4.69, 9.17) is 14.2 Å². The van der Waals surface area contributed by atoms with Gasteiger partial charge in [-0.2, -0.15) is 13.2 Å². The SMILES string of the molecule is COc1cc2nc(-c3ccc(CC(=O)NC4CC(C5(C(F)(F)F)CC5)NN4)c(F)c3)cnc2cc1OCCN1CCOCC1. The van der Waals surface area contributed by atoms with Crippen LogP contribution in [0.5, 0.6) is 11.5 Å². The number of hydrogen-bond acceptors (Lipinski definition) is 9. The van der Waals surface area contributed by atoms with Crippen molar-refractivity contribution in [2.45, 2.75) is 44.1 Å². The van der Waals surface area contributed by atoms with E-state index in [1.807, 2.05) is 0 Å². The molecule has 3 aromatic rings. The lowest BCUT2D eigenvalue weighted by atomic mass is 9.93. The summed E-state index contributed by atoms with van der Waals surface area (Å²) < 4.78 is 72.2. The minimum absolute atomic E-state index is 0.0639. The number of hydrazine groups is 1. The van der Waals surface area contributed by atoms with Gasteiger partial charge in [-0.1, -0.05) is 12.1 Å². The Morgan fingerprint density at radius 1 is 1.14 bits per heavy atom. The molecule has 0 radical (unpaired) electrons. The molecule has 1 aliphatic carbocycles. The Morgan fingerprint density at radius 2 is 1.91 bits per heavy atom. The number of halogens is 4. The topological polar surface area (TPSA) is 110 Å². The van der Waals surface area contributed by atoms with Crippen molar-refractivity contribution in [1.82, 2.24) is 31.0 Å². The maximum Gasteiger partial charge on any atom is 0.396 e. The van der Waals surface area contributed by atoms with Crippen LogP contribution in [-0.4, -0.2) is 85.7 Å². The van der Waals surface area contributed by atoms with Crippen LogP contribution in [0.3, 0.4) is 0 Å². The van der Waals surface area contributed by atoms with Gasteiger partial charge in [-0.3, -0.25) is 20.1 Å². The molecule has 1 aromatic heterocycles. The van der Waals surface area contributed by atoms with Crippen LogP contribution in [-0.2, 0) is 16.0 Å². The molecule has 3 N–H and O–H groups in total. The predicted molar refractivity (Wildman–Crippen MR) is 152 cm³/mol. The Balaban J connectivity index is 1.07. The van der Waals surface area contributed by atoms with Gasteiger partial charge in [-0.15, -0.1) is 0 Å². The van der Waals surface area contributed by atoms with Gasteiger partial charge in [0.15, 0.2) is 11.5 Å². The number of fused-ring (bicyclic) bond motifs is 1. The number of hydrogen-bond donors (Lipinski definition) is 3. The maximum atomic E-state index is 15.1. The van der Waals surface area contributed by atoms with Gasteiger partial charge in [-0.25, -0.2) is 14.8 Å². The molecular weight excluding hydrogens is 584 g/mol. The van der Waals surface area contributed by atoms with Crippen molar-refractivity contribution in [2.75, 3.05) is 46.6 Å². The van der Waals surface area contributed by atoms with Crippen molar-refractivity contribution in [3.63, 3.8) is 0 Å². The highest BCUT2D eigenvalue weighted by Gasteiger charge is 2.68. The van der Waals surface area contributed by atoms with Crippen LogP contribution in [0.15, 0.2) is 36.5 Å². The van der Waals surface area contributed by atoms with Crippen molar-refractivity contribution in [1.29, 1.82) is 0 Å². The number of carbonyl (C=O) groups excluding carboxylic acids is 1. The van der Waals surface area contributed by atoms with Gasteiger partial charge in [0.1, 0.15) is 12.4 Å². The van der Waals surface area contributed by atoms with Gasteiger partial charge < -0.3 is 19.5 Å². The number of benzene rings is 2. The second-order valence-electron chi connectivity index (χ2n) is 11.4.